The molecule has 0 bridgehead atoms. The number of carboxylic acid groups (broad SMARTS) is 1. The maximum Gasteiger partial charge on any atom is 0.309 e. The minimum atomic E-state index is -0.597. The molecule has 0 aromatic rings. The largest absolute Gasteiger partial charge is 0.481 e. The maximum absolute atomic E-state index is 12.8. The van der Waals surface area contributed by atoms with Crippen molar-refractivity contribution in [2.45, 2.75) is 125 Å². The summed E-state index contributed by atoms with van der Waals surface area (Å²) in [5.41, 5.74) is -0.0633. The fourth-order valence-corrected chi connectivity index (χ4v) is 11.0. The first-order valence-corrected chi connectivity index (χ1v) is 15.9. The summed E-state index contributed by atoms with van der Waals surface area (Å²) in [5, 5.41) is 33.9. The van der Waals surface area contributed by atoms with E-state index in [-0.39, 0.29) is 34.4 Å². The summed E-state index contributed by atoms with van der Waals surface area (Å²) in [6.45, 7) is 18.6. The number of fused-ring (bicyclic) bond motifs is 3. The molecule has 0 amide bonds. The van der Waals surface area contributed by atoms with Crippen molar-refractivity contribution in [3.63, 3.8) is 0 Å². The number of aliphatic hydroxyl groups excluding tert-OH is 2. The van der Waals surface area contributed by atoms with Crippen molar-refractivity contribution in [2.24, 2.45) is 56.7 Å². The van der Waals surface area contributed by atoms with E-state index in [0.29, 0.717) is 36.1 Å². The summed E-state index contributed by atoms with van der Waals surface area (Å²) in [5.74, 6) is 2.06. The van der Waals surface area contributed by atoms with E-state index in [1.165, 1.54) is 25.7 Å². The highest BCUT2D eigenvalue weighted by Gasteiger charge is 2.66. The van der Waals surface area contributed by atoms with Crippen LogP contribution in [0.25, 0.3) is 0 Å². The minimum Gasteiger partial charge on any atom is -0.481 e. The van der Waals surface area contributed by atoms with Gasteiger partial charge in [0.1, 0.15) is 0 Å². The highest BCUT2D eigenvalue weighted by Crippen LogP contribution is 2.73. The van der Waals surface area contributed by atoms with Gasteiger partial charge in [0.2, 0.25) is 0 Å². The molecule has 0 saturated heterocycles. The van der Waals surface area contributed by atoms with Crippen LogP contribution in [0.3, 0.4) is 0 Å². The van der Waals surface area contributed by atoms with Crippen LogP contribution in [0.15, 0.2) is 0 Å². The van der Waals surface area contributed by atoms with Crippen LogP contribution in [-0.4, -0.2) is 47.1 Å². The zero-order chi connectivity index (χ0) is 28.1. The van der Waals surface area contributed by atoms with Crippen molar-refractivity contribution >= 4 is 5.97 Å². The Bertz CT molecular complexity index is 860. The van der Waals surface area contributed by atoms with Gasteiger partial charge in [-0.15, -0.1) is 0 Å². The molecular formula is C33H59NO4. The molecule has 0 spiro atoms. The Morgan fingerprint density at radius 2 is 1.66 bits per heavy atom. The number of nitrogens with one attached hydrogen (secondary N) is 1. The summed E-state index contributed by atoms with van der Waals surface area (Å²) in [6, 6.07) is 0. The second kappa shape index (κ2) is 10.6. The van der Waals surface area contributed by atoms with Gasteiger partial charge in [0.25, 0.3) is 0 Å². The smallest absolute Gasteiger partial charge is 0.309 e. The molecule has 5 nitrogen and oxygen atoms in total. The number of aliphatic hydroxyl groups is 2. The van der Waals surface area contributed by atoms with Gasteiger partial charge in [0, 0.05) is 6.54 Å². The molecule has 0 radical (unpaired) electrons. The van der Waals surface area contributed by atoms with Gasteiger partial charge in [-0.2, -0.15) is 0 Å². The lowest BCUT2D eigenvalue weighted by Gasteiger charge is -2.70. The highest BCUT2D eigenvalue weighted by molar-refractivity contribution is 5.75. The normalized spacial score (nSPS) is 47.2. The number of carboxylic acids is 1. The van der Waals surface area contributed by atoms with Crippen molar-refractivity contribution in [3.8, 4) is 0 Å². The van der Waals surface area contributed by atoms with Crippen molar-refractivity contribution in [2.75, 3.05) is 19.7 Å². The predicted octanol–water partition coefficient (Wildman–Crippen LogP) is 6.51. The number of hydrogen-bond donors (Lipinski definition) is 4. The first-order chi connectivity index (χ1) is 17.7. The second-order valence-electron chi connectivity index (χ2n) is 15.8. The fraction of sp³-hybridized carbons (Fsp3) is 0.970. The van der Waals surface area contributed by atoms with E-state index in [1.807, 2.05) is 0 Å². The molecule has 4 N–H and O–H groups in total. The third kappa shape index (κ3) is 4.69. The number of rotatable bonds is 9. The molecule has 10 atom stereocenters. The summed E-state index contributed by atoms with van der Waals surface area (Å²) in [4.78, 5) is 12.8. The van der Waals surface area contributed by atoms with E-state index in [4.69, 9.17) is 5.11 Å². The van der Waals surface area contributed by atoms with Crippen LogP contribution in [0.4, 0.5) is 0 Å². The Kier molecular flexibility index (Phi) is 8.48. The standard InChI is InChI=1S/C33H59NO4/c1-22(21-34-18-19-35)24-10-15-33(20-24,28(37)38)17-16-31(6)23(2)8-9-26-30(5)13-12-27(36)29(3,4)25(30)11-14-32(26,31)7/h22-27,34-36H,8-21H2,1-7H3,(H,37,38)/t22?,23?,24-,25+,26-,27-,30+,31-,32-,33+/m1/s1. The van der Waals surface area contributed by atoms with E-state index in [0.717, 1.165) is 51.5 Å². The molecule has 5 heteroatoms. The van der Waals surface area contributed by atoms with Crippen LogP contribution >= 0.6 is 0 Å². The van der Waals surface area contributed by atoms with E-state index in [2.05, 4.69) is 53.8 Å². The third-order valence-corrected chi connectivity index (χ3v) is 14.1. The molecule has 38 heavy (non-hydrogen) atoms. The lowest BCUT2D eigenvalue weighted by atomic mass is 9.35. The van der Waals surface area contributed by atoms with Crippen LogP contribution in [0.5, 0.6) is 0 Å². The van der Waals surface area contributed by atoms with Gasteiger partial charge in [-0.05, 0) is 128 Å². The lowest BCUT2D eigenvalue weighted by molar-refractivity contribution is -0.225. The molecule has 4 aliphatic rings. The van der Waals surface area contributed by atoms with Gasteiger partial charge in [0.15, 0.2) is 0 Å². The molecular weight excluding hydrogens is 474 g/mol. The molecule has 4 aliphatic carbocycles. The fourth-order valence-electron chi connectivity index (χ4n) is 11.0. The average Bonchev–Trinajstić information content (AvgIpc) is 3.30. The minimum absolute atomic E-state index is 0.0389. The van der Waals surface area contributed by atoms with Crippen LogP contribution in [0, 0.1) is 56.7 Å². The highest BCUT2D eigenvalue weighted by atomic mass is 16.4. The van der Waals surface area contributed by atoms with Crippen LogP contribution in [0.1, 0.15) is 119 Å². The molecule has 0 heterocycles. The number of carbonyl (C=O) groups is 1. The monoisotopic (exact) mass is 533 g/mol. The maximum atomic E-state index is 12.8. The molecule has 4 rings (SSSR count). The van der Waals surface area contributed by atoms with Gasteiger partial charge >= 0.3 is 5.97 Å². The number of hydrogen-bond acceptors (Lipinski definition) is 4. The summed E-state index contributed by atoms with van der Waals surface area (Å²) < 4.78 is 0. The molecule has 0 aliphatic heterocycles. The Hall–Kier alpha value is -0.650. The van der Waals surface area contributed by atoms with Gasteiger partial charge in [-0.3, -0.25) is 4.79 Å². The van der Waals surface area contributed by atoms with E-state index in [1.54, 1.807) is 0 Å². The molecule has 220 valence electrons. The second-order valence-corrected chi connectivity index (χ2v) is 15.8. The van der Waals surface area contributed by atoms with Crippen molar-refractivity contribution in [3.05, 3.63) is 0 Å². The van der Waals surface area contributed by atoms with Crippen LogP contribution in [-0.2, 0) is 4.79 Å². The van der Waals surface area contributed by atoms with Crippen molar-refractivity contribution < 1.29 is 20.1 Å². The van der Waals surface area contributed by atoms with Crippen molar-refractivity contribution in [1.29, 1.82) is 0 Å². The van der Waals surface area contributed by atoms with Gasteiger partial charge in [-0.1, -0.05) is 48.5 Å². The Labute approximate surface area is 232 Å². The van der Waals surface area contributed by atoms with E-state index in [9.17, 15) is 15.0 Å². The quantitative estimate of drug-likeness (QED) is 0.254. The average molecular weight is 534 g/mol. The Morgan fingerprint density at radius 1 is 0.947 bits per heavy atom. The van der Waals surface area contributed by atoms with Crippen LogP contribution < -0.4 is 5.32 Å². The third-order valence-electron chi connectivity index (χ3n) is 14.1. The molecule has 4 saturated carbocycles. The molecule has 0 aromatic heterocycles. The number of aliphatic carboxylic acids is 1. The van der Waals surface area contributed by atoms with Gasteiger partial charge in [0.05, 0.1) is 18.1 Å². The van der Waals surface area contributed by atoms with Gasteiger partial charge in [-0.25, -0.2) is 0 Å². The summed E-state index contributed by atoms with van der Waals surface area (Å²) in [7, 11) is 0. The molecule has 0 aromatic carbocycles. The molecule has 4 fully saturated rings. The first-order valence-electron chi connectivity index (χ1n) is 15.9. The lowest BCUT2D eigenvalue weighted by Crippen LogP contribution is -2.64. The van der Waals surface area contributed by atoms with E-state index >= 15 is 0 Å². The summed E-state index contributed by atoms with van der Waals surface area (Å²) >= 11 is 0. The SMILES string of the molecule is CC(CNCCO)[C@@H]1CC[C@@](CC[C@]2(C)C(C)CC[C@@H]3[C@@]4(C)CC[C@@H](O)C(C)(C)[C@@H]4CC[C@]32C)(C(=O)O)C1. The van der Waals surface area contributed by atoms with E-state index < -0.39 is 11.4 Å². The zero-order valence-electron chi connectivity index (χ0n) is 25.6. The Balaban J connectivity index is 1.55. The zero-order valence-corrected chi connectivity index (χ0v) is 25.6. The topological polar surface area (TPSA) is 89.8 Å². The first kappa shape index (κ1) is 30.3. The predicted molar refractivity (Wildman–Crippen MR) is 154 cm³/mol. The summed E-state index contributed by atoms with van der Waals surface area (Å²) in [6.07, 6.45) is 11.1. The van der Waals surface area contributed by atoms with Crippen molar-refractivity contribution in [1.82, 2.24) is 5.32 Å². The van der Waals surface area contributed by atoms with Gasteiger partial charge < -0.3 is 20.6 Å². The molecule has 2 unspecified atom stereocenters. The van der Waals surface area contributed by atoms with Crippen LogP contribution in [0.2, 0.25) is 0 Å². The Morgan fingerprint density at radius 3 is 2.32 bits per heavy atom.